The predicted molar refractivity (Wildman–Crippen MR) is 69.1 cm³/mol. The fourth-order valence-corrected chi connectivity index (χ4v) is 1.96. The Morgan fingerprint density at radius 2 is 2.06 bits per heavy atom. The standard InChI is InChI=1S/C13H26N2O2/c1-10(2)14-11(13(3,4)5)9-15-7-6-8-17-12(15)16/h10-11,14H,6-9H2,1-5H3/t11-/m1/s1. The third kappa shape index (κ3) is 4.54. The first-order chi connectivity index (χ1) is 7.80. The zero-order valence-corrected chi connectivity index (χ0v) is 11.7. The maximum absolute atomic E-state index is 11.6. The first-order valence-corrected chi connectivity index (χ1v) is 6.48. The van der Waals surface area contributed by atoms with Gasteiger partial charge in [-0.2, -0.15) is 0 Å². The Hall–Kier alpha value is -0.770. The van der Waals surface area contributed by atoms with Gasteiger partial charge in [0.25, 0.3) is 0 Å². The van der Waals surface area contributed by atoms with Crippen LogP contribution < -0.4 is 5.32 Å². The minimum Gasteiger partial charge on any atom is -0.449 e. The molecule has 1 heterocycles. The molecule has 1 aliphatic rings. The Labute approximate surface area is 105 Å². The average Bonchev–Trinajstić information content (AvgIpc) is 2.18. The van der Waals surface area contributed by atoms with Gasteiger partial charge < -0.3 is 15.0 Å². The van der Waals surface area contributed by atoms with Crippen LogP contribution in [0.25, 0.3) is 0 Å². The zero-order chi connectivity index (χ0) is 13.1. The van der Waals surface area contributed by atoms with Gasteiger partial charge in [-0.1, -0.05) is 34.6 Å². The molecule has 1 amide bonds. The molecule has 0 radical (unpaired) electrons. The maximum atomic E-state index is 11.6. The molecular weight excluding hydrogens is 216 g/mol. The van der Waals surface area contributed by atoms with E-state index >= 15 is 0 Å². The summed E-state index contributed by atoms with van der Waals surface area (Å²) in [6.45, 7) is 13.0. The van der Waals surface area contributed by atoms with Gasteiger partial charge in [-0.3, -0.25) is 0 Å². The maximum Gasteiger partial charge on any atom is 0.409 e. The van der Waals surface area contributed by atoms with Crippen molar-refractivity contribution in [1.82, 2.24) is 10.2 Å². The lowest BCUT2D eigenvalue weighted by atomic mass is 9.86. The molecule has 4 heteroatoms. The third-order valence-corrected chi connectivity index (χ3v) is 3.04. The highest BCUT2D eigenvalue weighted by Gasteiger charge is 2.30. The summed E-state index contributed by atoms with van der Waals surface area (Å²) in [4.78, 5) is 13.4. The van der Waals surface area contributed by atoms with Crippen LogP contribution in [0.3, 0.4) is 0 Å². The van der Waals surface area contributed by atoms with Gasteiger partial charge >= 0.3 is 6.09 Å². The van der Waals surface area contributed by atoms with Gasteiger partial charge in [0, 0.05) is 25.2 Å². The van der Waals surface area contributed by atoms with Gasteiger partial charge in [0.05, 0.1) is 6.61 Å². The molecule has 1 fully saturated rings. The number of cyclic esters (lactones) is 1. The van der Waals surface area contributed by atoms with Gasteiger partial charge in [0.15, 0.2) is 0 Å². The van der Waals surface area contributed by atoms with Gasteiger partial charge in [-0.15, -0.1) is 0 Å². The van der Waals surface area contributed by atoms with E-state index < -0.39 is 0 Å². The summed E-state index contributed by atoms with van der Waals surface area (Å²) in [5.74, 6) is 0. The van der Waals surface area contributed by atoms with Crippen molar-refractivity contribution in [3.05, 3.63) is 0 Å². The highest BCUT2D eigenvalue weighted by Crippen LogP contribution is 2.21. The molecule has 0 spiro atoms. The molecule has 0 aromatic rings. The molecule has 1 N–H and O–H groups in total. The first-order valence-electron chi connectivity index (χ1n) is 6.48. The molecule has 1 aliphatic heterocycles. The minimum absolute atomic E-state index is 0.127. The van der Waals surface area contributed by atoms with Crippen molar-refractivity contribution < 1.29 is 9.53 Å². The molecule has 1 atom stereocenters. The lowest BCUT2D eigenvalue weighted by molar-refractivity contribution is 0.0604. The minimum atomic E-state index is -0.170. The Morgan fingerprint density at radius 1 is 1.41 bits per heavy atom. The lowest BCUT2D eigenvalue weighted by Gasteiger charge is -2.38. The lowest BCUT2D eigenvalue weighted by Crippen LogP contribution is -2.53. The van der Waals surface area contributed by atoms with Crippen LogP contribution in [-0.4, -0.2) is 42.8 Å². The number of carbonyl (C=O) groups excluding carboxylic acids is 1. The highest BCUT2D eigenvalue weighted by atomic mass is 16.6. The first kappa shape index (κ1) is 14.3. The number of hydrogen-bond acceptors (Lipinski definition) is 3. The molecule has 4 nitrogen and oxygen atoms in total. The number of carbonyl (C=O) groups is 1. The summed E-state index contributed by atoms with van der Waals surface area (Å²) in [7, 11) is 0. The Balaban J connectivity index is 2.61. The van der Waals surface area contributed by atoms with E-state index in [0.717, 1.165) is 19.5 Å². The van der Waals surface area contributed by atoms with Crippen molar-refractivity contribution in [3.63, 3.8) is 0 Å². The SMILES string of the molecule is CC(C)N[C@H](CN1CCCOC1=O)C(C)(C)C. The van der Waals surface area contributed by atoms with E-state index in [1.165, 1.54) is 0 Å². The number of hydrogen-bond donors (Lipinski definition) is 1. The molecule has 0 aromatic heterocycles. The second-order valence-electron chi connectivity index (χ2n) is 6.15. The summed E-state index contributed by atoms with van der Waals surface area (Å²) in [6, 6.07) is 0.702. The normalized spacial score (nSPS) is 19.4. The number of rotatable bonds is 4. The topological polar surface area (TPSA) is 41.6 Å². The van der Waals surface area contributed by atoms with Crippen molar-refractivity contribution in [3.8, 4) is 0 Å². The molecule has 1 rings (SSSR count). The third-order valence-electron chi connectivity index (χ3n) is 3.04. The van der Waals surface area contributed by atoms with Gasteiger partial charge in [-0.05, 0) is 11.8 Å². The molecule has 0 unspecified atom stereocenters. The smallest absolute Gasteiger partial charge is 0.409 e. The number of amides is 1. The molecule has 0 saturated carbocycles. The number of nitrogens with zero attached hydrogens (tertiary/aromatic N) is 1. The summed E-state index contributed by atoms with van der Waals surface area (Å²) in [5.41, 5.74) is 0.127. The fourth-order valence-electron chi connectivity index (χ4n) is 1.96. The van der Waals surface area contributed by atoms with Crippen molar-refractivity contribution >= 4 is 6.09 Å². The zero-order valence-electron chi connectivity index (χ0n) is 11.7. The van der Waals surface area contributed by atoms with Crippen LogP contribution >= 0.6 is 0 Å². The van der Waals surface area contributed by atoms with Crippen LogP contribution in [0.4, 0.5) is 4.79 Å². The quantitative estimate of drug-likeness (QED) is 0.822. The van der Waals surface area contributed by atoms with Crippen molar-refractivity contribution in [2.24, 2.45) is 5.41 Å². The monoisotopic (exact) mass is 242 g/mol. The molecule has 17 heavy (non-hydrogen) atoms. The Bertz CT molecular complexity index is 259. The number of ether oxygens (including phenoxy) is 1. The molecule has 0 aromatic carbocycles. The predicted octanol–water partition coefficient (Wildman–Crippen LogP) is 2.24. The molecule has 100 valence electrons. The summed E-state index contributed by atoms with van der Waals surface area (Å²) < 4.78 is 5.07. The van der Waals surface area contributed by atoms with E-state index in [4.69, 9.17) is 4.74 Å². The van der Waals surface area contributed by atoms with Crippen LogP contribution in [0.5, 0.6) is 0 Å². The Kier molecular flexibility index (Phi) is 4.80. The van der Waals surface area contributed by atoms with Gasteiger partial charge in [-0.25, -0.2) is 4.79 Å². The van der Waals surface area contributed by atoms with Crippen LogP contribution in [0.1, 0.15) is 41.0 Å². The van der Waals surface area contributed by atoms with Crippen molar-refractivity contribution in [1.29, 1.82) is 0 Å². The highest BCUT2D eigenvalue weighted by molar-refractivity contribution is 5.68. The number of nitrogens with one attached hydrogen (secondary N) is 1. The van der Waals surface area contributed by atoms with E-state index in [1.807, 2.05) is 4.90 Å². The van der Waals surface area contributed by atoms with E-state index in [9.17, 15) is 4.79 Å². The molecule has 1 saturated heterocycles. The van der Waals surface area contributed by atoms with Crippen LogP contribution in [0.2, 0.25) is 0 Å². The summed E-state index contributed by atoms with van der Waals surface area (Å²) in [5, 5.41) is 3.54. The van der Waals surface area contributed by atoms with Crippen molar-refractivity contribution in [2.75, 3.05) is 19.7 Å². The fraction of sp³-hybridized carbons (Fsp3) is 0.923. The van der Waals surface area contributed by atoms with Crippen molar-refractivity contribution in [2.45, 2.75) is 53.1 Å². The van der Waals surface area contributed by atoms with Gasteiger partial charge in [0.2, 0.25) is 0 Å². The molecular formula is C13H26N2O2. The molecule has 0 aliphatic carbocycles. The second kappa shape index (κ2) is 5.71. The Morgan fingerprint density at radius 3 is 2.53 bits per heavy atom. The van der Waals surface area contributed by atoms with Crippen LogP contribution in [-0.2, 0) is 4.74 Å². The van der Waals surface area contributed by atoms with E-state index in [0.29, 0.717) is 12.6 Å². The summed E-state index contributed by atoms with van der Waals surface area (Å²) in [6.07, 6.45) is 0.764. The molecule has 0 bridgehead atoms. The van der Waals surface area contributed by atoms with Gasteiger partial charge in [0.1, 0.15) is 0 Å². The largest absolute Gasteiger partial charge is 0.449 e. The van der Waals surface area contributed by atoms with E-state index in [1.54, 1.807) is 0 Å². The van der Waals surface area contributed by atoms with Crippen LogP contribution in [0.15, 0.2) is 0 Å². The second-order valence-corrected chi connectivity index (χ2v) is 6.15. The average molecular weight is 242 g/mol. The van der Waals surface area contributed by atoms with E-state index in [2.05, 4.69) is 39.9 Å². The summed E-state index contributed by atoms with van der Waals surface area (Å²) >= 11 is 0. The van der Waals surface area contributed by atoms with Crippen LogP contribution in [0, 0.1) is 5.41 Å². The van der Waals surface area contributed by atoms with E-state index in [-0.39, 0.29) is 17.6 Å².